The van der Waals surface area contributed by atoms with E-state index in [-0.39, 0.29) is 24.5 Å². The van der Waals surface area contributed by atoms with Crippen molar-refractivity contribution in [3.8, 4) is 11.5 Å². The van der Waals surface area contributed by atoms with E-state index in [1.165, 1.54) is 0 Å². The fraction of sp³-hybridized carbons (Fsp3) is 0.391. The summed E-state index contributed by atoms with van der Waals surface area (Å²) >= 11 is 0. The summed E-state index contributed by atoms with van der Waals surface area (Å²) in [6, 6.07) is 15.2. The Kier molecular flexibility index (Phi) is 8.07. The van der Waals surface area contributed by atoms with Gasteiger partial charge in [-0.25, -0.2) is 4.79 Å². The molecule has 0 aliphatic carbocycles. The highest BCUT2D eigenvalue weighted by molar-refractivity contribution is 5.80. The van der Waals surface area contributed by atoms with Crippen molar-refractivity contribution >= 4 is 11.9 Å². The SMILES string of the molecule is COc1ccc(CCNC(=O)COC(=O)COc2ccccc2C(C)(C)C)cc1. The molecule has 0 spiro atoms. The third kappa shape index (κ3) is 7.49. The van der Waals surface area contributed by atoms with Gasteiger partial charge in [0.15, 0.2) is 13.2 Å². The number of hydrogen-bond acceptors (Lipinski definition) is 5. The van der Waals surface area contributed by atoms with Gasteiger partial charge in [0.25, 0.3) is 5.91 Å². The average molecular weight is 399 g/mol. The fourth-order valence-corrected chi connectivity index (χ4v) is 2.73. The van der Waals surface area contributed by atoms with Gasteiger partial charge in [0.05, 0.1) is 7.11 Å². The first-order valence-electron chi connectivity index (χ1n) is 9.57. The van der Waals surface area contributed by atoms with E-state index in [1.807, 2.05) is 48.5 Å². The maximum atomic E-state index is 11.9. The predicted octanol–water partition coefficient (Wildman–Crippen LogP) is 3.27. The van der Waals surface area contributed by atoms with Crippen LogP contribution in [0.2, 0.25) is 0 Å². The van der Waals surface area contributed by atoms with Crippen molar-refractivity contribution in [2.75, 3.05) is 26.9 Å². The first kappa shape index (κ1) is 22.3. The van der Waals surface area contributed by atoms with Gasteiger partial charge in [0, 0.05) is 6.54 Å². The minimum atomic E-state index is -0.584. The van der Waals surface area contributed by atoms with E-state index in [9.17, 15) is 9.59 Å². The quantitative estimate of drug-likeness (QED) is 0.655. The zero-order valence-corrected chi connectivity index (χ0v) is 17.5. The molecule has 6 heteroatoms. The molecule has 0 fully saturated rings. The predicted molar refractivity (Wildman–Crippen MR) is 111 cm³/mol. The lowest BCUT2D eigenvalue weighted by Crippen LogP contribution is -2.31. The van der Waals surface area contributed by atoms with Crippen molar-refractivity contribution in [3.63, 3.8) is 0 Å². The summed E-state index contributed by atoms with van der Waals surface area (Å²) < 4.78 is 15.7. The van der Waals surface area contributed by atoms with Crippen LogP contribution in [0.4, 0.5) is 0 Å². The lowest BCUT2D eigenvalue weighted by Gasteiger charge is -2.22. The Labute approximate surface area is 172 Å². The minimum absolute atomic E-state index is 0.107. The summed E-state index contributed by atoms with van der Waals surface area (Å²) in [6.45, 7) is 6.10. The molecule has 1 N–H and O–H groups in total. The van der Waals surface area contributed by atoms with Crippen LogP contribution in [0.15, 0.2) is 48.5 Å². The standard InChI is InChI=1S/C23H29NO5/c1-23(2,3)19-7-5-6-8-20(19)28-16-22(26)29-15-21(25)24-14-13-17-9-11-18(27-4)12-10-17/h5-12H,13-16H2,1-4H3,(H,24,25). The van der Waals surface area contributed by atoms with Crippen LogP contribution in [0.1, 0.15) is 31.9 Å². The molecular weight excluding hydrogens is 370 g/mol. The van der Waals surface area contributed by atoms with Gasteiger partial charge < -0.3 is 19.5 Å². The van der Waals surface area contributed by atoms with Gasteiger partial charge in [-0.3, -0.25) is 4.79 Å². The normalized spacial score (nSPS) is 10.9. The van der Waals surface area contributed by atoms with E-state index in [1.54, 1.807) is 7.11 Å². The van der Waals surface area contributed by atoms with Gasteiger partial charge in [-0.05, 0) is 41.2 Å². The van der Waals surface area contributed by atoms with Crippen LogP contribution >= 0.6 is 0 Å². The molecule has 2 rings (SSSR count). The third-order valence-corrected chi connectivity index (χ3v) is 4.30. The molecule has 2 aromatic rings. The average Bonchev–Trinajstić information content (AvgIpc) is 2.70. The minimum Gasteiger partial charge on any atom is -0.497 e. The summed E-state index contributed by atoms with van der Waals surface area (Å²) in [5.41, 5.74) is 1.97. The fourth-order valence-electron chi connectivity index (χ4n) is 2.73. The van der Waals surface area contributed by atoms with E-state index in [0.29, 0.717) is 18.7 Å². The Hall–Kier alpha value is -3.02. The number of rotatable bonds is 9. The number of benzene rings is 2. The topological polar surface area (TPSA) is 73.9 Å². The molecule has 1 amide bonds. The zero-order valence-electron chi connectivity index (χ0n) is 17.5. The maximum Gasteiger partial charge on any atom is 0.344 e. The van der Waals surface area contributed by atoms with Crippen LogP contribution in [-0.2, 0) is 26.2 Å². The highest BCUT2D eigenvalue weighted by Gasteiger charge is 2.19. The number of nitrogens with one attached hydrogen (secondary N) is 1. The van der Waals surface area contributed by atoms with Gasteiger partial charge in [-0.15, -0.1) is 0 Å². The van der Waals surface area contributed by atoms with E-state index in [2.05, 4.69) is 26.1 Å². The molecular formula is C23H29NO5. The Morgan fingerprint density at radius 3 is 2.31 bits per heavy atom. The first-order valence-corrected chi connectivity index (χ1v) is 9.57. The van der Waals surface area contributed by atoms with Crippen molar-refractivity contribution in [1.82, 2.24) is 5.32 Å². The highest BCUT2D eigenvalue weighted by atomic mass is 16.6. The molecule has 0 aliphatic rings. The van der Waals surface area contributed by atoms with Gasteiger partial charge in [-0.1, -0.05) is 51.1 Å². The second-order valence-corrected chi connectivity index (χ2v) is 7.64. The number of esters is 1. The second kappa shape index (κ2) is 10.5. The maximum absolute atomic E-state index is 11.9. The monoisotopic (exact) mass is 399 g/mol. The lowest BCUT2D eigenvalue weighted by atomic mass is 9.86. The number of para-hydroxylation sites is 1. The Morgan fingerprint density at radius 2 is 1.66 bits per heavy atom. The summed E-state index contributed by atoms with van der Waals surface area (Å²) in [7, 11) is 1.62. The smallest absolute Gasteiger partial charge is 0.344 e. The van der Waals surface area contributed by atoms with E-state index >= 15 is 0 Å². The van der Waals surface area contributed by atoms with Crippen molar-refractivity contribution in [2.45, 2.75) is 32.6 Å². The summed E-state index contributed by atoms with van der Waals surface area (Å²) in [6.07, 6.45) is 0.677. The Morgan fingerprint density at radius 1 is 0.966 bits per heavy atom. The van der Waals surface area contributed by atoms with Gasteiger partial charge in [0.1, 0.15) is 11.5 Å². The molecule has 2 aromatic carbocycles. The van der Waals surface area contributed by atoms with E-state index in [0.717, 1.165) is 16.9 Å². The van der Waals surface area contributed by atoms with Crippen molar-refractivity contribution in [3.05, 3.63) is 59.7 Å². The molecule has 156 valence electrons. The molecule has 6 nitrogen and oxygen atoms in total. The number of ether oxygens (including phenoxy) is 3. The van der Waals surface area contributed by atoms with Crippen LogP contribution in [0.25, 0.3) is 0 Å². The van der Waals surface area contributed by atoms with E-state index in [4.69, 9.17) is 14.2 Å². The summed E-state index contributed by atoms with van der Waals surface area (Å²) in [5.74, 6) is 0.499. The van der Waals surface area contributed by atoms with E-state index < -0.39 is 5.97 Å². The number of hydrogen-bond donors (Lipinski definition) is 1. The van der Waals surface area contributed by atoms with Crippen LogP contribution in [0, 0.1) is 0 Å². The van der Waals surface area contributed by atoms with Crippen LogP contribution < -0.4 is 14.8 Å². The Balaban J connectivity index is 1.69. The molecule has 0 heterocycles. The van der Waals surface area contributed by atoms with Crippen LogP contribution in [-0.4, -0.2) is 38.7 Å². The summed E-state index contributed by atoms with van der Waals surface area (Å²) in [4.78, 5) is 23.7. The molecule has 0 saturated heterocycles. The summed E-state index contributed by atoms with van der Waals surface area (Å²) in [5, 5.41) is 2.73. The van der Waals surface area contributed by atoms with Crippen LogP contribution in [0.5, 0.6) is 11.5 Å². The molecule has 0 unspecified atom stereocenters. The molecule has 0 saturated carbocycles. The third-order valence-electron chi connectivity index (χ3n) is 4.30. The molecule has 0 radical (unpaired) electrons. The van der Waals surface area contributed by atoms with Crippen molar-refractivity contribution in [2.24, 2.45) is 0 Å². The number of methoxy groups -OCH3 is 1. The van der Waals surface area contributed by atoms with Gasteiger partial charge in [0.2, 0.25) is 0 Å². The Bertz CT molecular complexity index is 809. The zero-order chi connectivity index (χ0) is 21.3. The van der Waals surface area contributed by atoms with Gasteiger partial charge >= 0.3 is 5.97 Å². The molecule has 0 aromatic heterocycles. The van der Waals surface area contributed by atoms with Crippen molar-refractivity contribution < 1.29 is 23.8 Å². The van der Waals surface area contributed by atoms with Gasteiger partial charge in [-0.2, -0.15) is 0 Å². The largest absolute Gasteiger partial charge is 0.497 e. The highest BCUT2D eigenvalue weighted by Crippen LogP contribution is 2.30. The van der Waals surface area contributed by atoms with Crippen LogP contribution in [0.3, 0.4) is 0 Å². The molecule has 0 atom stereocenters. The number of amides is 1. The molecule has 29 heavy (non-hydrogen) atoms. The molecule has 0 bridgehead atoms. The first-order chi connectivity index (χ1) is 13.8. The number of carbonyl (C=O) groups excluding carboxylic acids is 2. The number of carbonyl (C=O) groups is 2. The lowest BCUT2D eigenvalue weighted by molar-refractivity contribution is -0.150. The van der Waals surface area contributed by atoms with Crippen molar-refractivity contribution in [1.29, 1.82) is 0 Å². The molecule has 0 aliphatic heterocycles. The second-order valence-electron chi connectivity index (χ2n) is 7.64.